The molecular formula is C15H23N2O5P. The van der Waals surface area contributed by atoms with Crippen LogP contribution in [0.25, 0.3) is 0 Å². The molecule has 8 heteroatoms. The van der Waals surface area contributed by atoms with Crippen LogP contribution in [0.4, 0.5) is 0 Å². The maximum absolute atomic E-state index is 13.5. The molecule has 0 aromatic heterocycles. The molecule has 1 saturated heterocycles. The quantitative estimate of drug-likeness (QED) is 0.466. The molecule has 0 saturated carbocycles. The number of benzene rings is 1. The van der Waals surface area contributed by atoms with Crippen molar-refractivity contribution in [3.63, 3.8) is 0 Å². The lowest BCUT2D eigenvalue weighted by Gasteiger charge is -2.39. The number of hydrogen-bond acceptors (Lipinski definition) is 5. The highest BCUT2D eigenvalue weighted by Crippen LogP contribution is 2.53. The third kappa shape index (κ3) is 3.75. The number of carbonyl (C=O) groups is 1. The van der Waals surface area contributed by atoms with Crippen molar-refractivity contribution in [2.75, 3.05) is 20.3 Å². The van der Waals surface area contributed by atoms with Crippen molar-refractivity contribution in [1.82, 2.24) is 10.2 Å². The van der Waals surface area contributed by atoms with Gasteiger partial charge in [0.25, 0.3) is 5.91 Å². The second-order valence-electron chi connectivity index (χ2n) is 5.35. The highest BCUT2D eigenvalue weighted by atomic mass is 31.2. The lowest BCUT2D eigenvalue weighted by atomic mass is 10.1. The predicted octanol–water partition coefficient (Wildman–Crippen LogP) is 1.91. The minimum absolute atomic E-state index is 0.374. The molecule has 1 aromatic rings. The monoisotopic (exact) mass is 342 g/mol. The highest BCUT2D eigenvalue weighted by Gasteiger charge is 2.43. The van der Waals surface area contributed by atoms with Gasteiger partial charge in [-0.15, -0.1) is 0 Å². The normalized spacial score (nSPS) is 23.3. The van der Waals surface area contributed by atoms with Crippen LogP contribution in [-0.2, 0) is 13.9 Å². The van der Waals surface area contributed by atoms with E-state index in [0.717, 1.165) is 6.42 Å². The SMILES string of the molecule is CCCC(C(=O)NO)N1CCCOP1(=O)c1ccc(OC)cc1. The topological polar surface area (TPSA) is 88.1 Å². The minimum Gasteiger partial charge on any atom is -0.497 e. The predicted molar refractivity (Wildman–Crippen MR) is 86.1 cm³/mol. The smallest absolute Gasteiger partial charge is 0.303 e. The Morgan fingerprint density at radius 2 is 2.17 bits per heavy atom. The summed E-state index contributed by atoms with van der Waals surface area (Å²) >= 11 is 0. The maximum atomic E-state index is 13.5. The van der Waals surface area contributed by atoms with E-state index in [1.165, 1.54) is 0 Å². The fourth-order valence-electron chi connectivity index (χ4n) is 2.72. The van der Waals surface area contributed by atoms with Gasteiger partial charge in [0.1, 0.15) is 5.75 Å². The van der Waals surface area contributed by atoms with Crippen LogP contribution in [0.2, 0.25) is 0 Å². The summed E-state index contributed by atoms with van der Waals surface area (Å²) in [5.41, 5.74) is 1.68. The van der Waals surface area contributed by atoms with E-state index in [-0.39, 0.29) is 0 Å². The van der Waals surface area contributed by atoms with E-state index in [1.807, 2.05) is 6.92 Å². The molecule has 1 aromatic carbocycles. The number of carbonyl (C=O) groups excluding carboxylic acids is 1. The molecule has 1 fully saturated rings. The number of hydroxylamine groups is 1. The molecule has 23 heavy (non-hydrogen) atoms. The first-order valence-corrected chi connectivity index (χ1v) is 9.24. The van der Waals surface area contributed by atoms with E-state index < -0.39 is 19.5 Å². The third-order valence-electron chi connectivity index (χ3n) is 3.87. The molecule has 1 aliphatic rings. The summed E-state index contributed by atoms with van der Waals surface area (Å²) in [7, 11) is -1.79. The van der Waals surface area contributed by atoms with Crippen molar-refractivity contribution in [1.29, 1.82) is 0 Å². The van der Waals surface area contributed by atoms with Gasteiger partial charge < -0.3 is 9.26 Å². The summed E-state index contributed by atoms with van der Waals surface area (Å²) in [4.78, 5) is 12.0. The summed E-state index contributed by atoms with van der Waals surface area (Å²) in [5.74, 6) is 0.0909. The average Bonchev–Trinajstić information content (AvgIpc) is 2.60. The Labute approximate surface area is 136 Å². The molecule has 2 rings (SSSR count). The van der Waals surface area contributed by atoms with Crippen LogP contribution in [0, 0.1) is 0 Å². The van der Waals surface area contributed by atoms with Crippen molar-refractivity contribution in [2.45, 2.75) is 32.2 Å². The van der Waals surface area contributed by atoms with Crippen LogP contribution < -0.4 is 15.5 Å². The highest BCUT2D eigenvalue weighted by molar-refractivity contribution is 7.64. The zero-order valence-electron chi connectivity index (χ0n) is 13.4. The molecule has 1 amide bonds. The summed E-state index contributed by atoms with van der Waals surface area (Å²) < 4.78 is 25.8. The van der Waals surface area contributed by atoms with Gasteiger partial charge in [-0.1, -0.05) is 13.3 Å². The number of nitrogens with one attached hydrogen (secondary N) is 1. The van der Waals surface area contributed by atoms with E-state index in [2.05, 4.69) is 0 Å². The van der Waals surface area contributed by atoms with Crippen LogP contribution in [0.5, 0.6) is 5.75 Å². The number of nitrogens with zero attached hydrogens (tertiary/aromatic N) is 1. The Kier molecular flexibility index (Phi) is 6.18. The first-order valence-electron chi connectivity index (χ1n) is 7.67. The number of ether oxygens (including phenoxy) is 1. The molecule has 0 radical (unpaired) electrons. The number of hydrogen-bond donors (Lipinski definition) is 2. The third-order valence-corrected chi connectivity index (χ3v) is 6.51. The lowest BCUT2D eigenvalue weighted by Crippen LogP contribution is -2.48. The van der Waals surface area contributed by atoms with Gasteiger partial charge in [0, 0.05) is 6.54 Å². The first-order chi connectivity index (χ1) is 11.1. The molecule has 128 valence electrons. The van der Waals surface area contributed by atoms with E-state index in [4.69, 9.17) is 14.5 Å². The fraction of sp³-hybridized carbons (Fsp3) is 0.533. The van der Waals surface area contributed by atoms with Crippen LogP contribution >= 0.6 is 7.52 Å². The Morgan fingerprint density at radius 3 is 2.74 bits per heavy atom. The zero-order chi connectivity index (χ0) is 16.9. The van der Waals surface area contributed by atoms with Crippen LogP contribution in [-0.4, -0.2) is 42.1 Å². The van der Waals surface area contributed by atoms with E-state index in [1.54, 1.807) is 41.5 Å². The van der Waals surface area contributed by atoms with Gasteiger partial charge in [-0.2, -0.15) is 0 Å². The van der Waals surface area contributed by atoms with Crippen LogP contribution in [0.15, 0.2) is 24.3 Å². The summed E-state index contributed by atoms with van der Waals surface area (Å²) in [6.07, 6.45) is 1.88. The Hall–Kier alpha value is -1.40. The van der Waals surface area contributed by atoms with Gasteiger partial charge in [0.05, 0.1) is 25.1 Å². The van der Waals surface area contributed by atoms with E-state index >= 15 is 0 Å². The molecule has 0 bridgehead atoms. The second kappa shape index (κ2) is 7.93. The van der Waals surface area contributed by atoms with Crippen molar-refractivity contribution in [3.05, 3.63) is 24.3 Å². The molecule has 7 nitrogen and oxygen atoms in total. The van der Waals surface area contributed by atoms with Gasteiger partial charge in [-0.3, -0.25) is 14.6 Å². The number of methoxy groups -OCH3 is 1. The van der Waals surface area contributed by atoms with Gasteiger partial charge in [0.15, 0.2) is 0 Å². The fourth-order valence-corrected chi connectivity index (χ4v) is 5.21. The minimum atomic E-state index is -3.35. The standard InChI is InChI=1S/C15H23N2O5P/c1-3-5-14(15(18)16-19)17-10-4-11-22-23(17,20)13-8-6-12(21-2)7-9-13/h6-9,14,19H,3-5,10-11H2,1-2H3,(H,16,18). The Balaban J connectivity index is 2.38. The molecule has 2 atom stereocenters. The molecule has 0 spiro atoms. The van der Waals surface area contributed by atoms with E-state index in [0.29, 0.717) is 37.0 Å². The summed E-state index contributed by atoms with van der Waals surface area (Å²) in [5, 5.41) is 9.52. The zero-order valence-corrected chi connectivity index (χ0v) is 14.3. The van der Waals surface area contributed by atoms with Gasteiger partial charge >= 0.3 is 7.52 Å². The van der Waals surface area contributed by atoms with Gasteiger partial charge in [0.2, 0.25) is 0 Å². The van der Waals surface area contributed by atoms with Crippen molar-refractivity contribution < 1.29 is 23.8 Å². The van der Waals surface area contributed by atoms with Gasteiger partial charge in [-0.05, 0) is 37.1 Å². The molecule has 1 aliphatic heterocycles. The molecule has 0 aliphatic carbocycles. The average molecular weight is 342 g/mol. The summed E-state index contributed by atoms with van der Waals surface area (Å²) in [6.45, 7) is 2.78. The number of rotatable bonds is 6. The van der Waals surface area contributed by atoms with Crippen molar-refractivity contribution >= 4 is 18.7 Å². The first kappa shape index (κ1) is 17.9. The van der Waals surface area contributed by atoms with Crippen molar-refractivity contribution in [2.24, 2.45) is 0 Å². The molecular weight excluding hydrogens is 319 g/mol. The molecule has 2 unspecified atom stereocenters. The largest absolute Gasteiger partial charge is 0.497 e. The number of amides is 1. The molecule has 1 heterocycles. The lowest BCUT2D eigenvalue weighted by molar-refractivity contribution is -0.133. The van der Waals surface area contributed by atoms with Crippen LogP contribution in [0.3, 0.4) is 0 Å². The van der Waals surface area contributed by atoms with Gasteiger partial charge in [-0.25, -0.2) is 10.2 Å². The Bertz CT molecular complexity index is 578. The van der Waals surface area contributed by atoms with Crippen LogP contribution in [0.1, 0.15) is 26.2 Å². The summed E-state index contributed by atoms with van der Waals surface area (Å²) in [6, 6.07) is 6.12. The van der Waals surface area contributed by atoms with E-state index in [9.17, 15) is 9.36 Å². The Morgan fingerprint density at radius 1 is 1.48 bits per heavy atom. The second-order valence-corrected chi connectivity index (χ2v) is 7.68. The molecule has 2 N–H and O–H groups in total. The van der Waals surface area contributed by atoms with Crippen molar-refractivity contribution in [3.8, 4) is 5.75 Å². The maximum Gasteiger partial charge on any atom is 0.303 e.